The predicted molar refractivity (Wildman–Crippen MR) is 91.0 cm³/mol. The highest BCUT2D eigenvalue weighted by Crippen LogP contribution is 2.38. The van der Waals surface area contributed by atoms with Gasteiger partial charge in [-0.3, -0.25) is 4.79 Å². The third-order valence-electron chi connectivity index (χ3n) is 4.49. The number of nitrogens with zero attached hydrogens (tertiary/aromatic N) is 1. The fourth-order valence-corrected chi connectivity index (χ4v) is 4.10. The molecular formula is C18H14N2O4S. The summed E-state index contributed by atoms with van der Waals surface area (Å²) in [6.07, 6.45) is 1.70. The number of carbonyl (C=O) groups excluding carboxylic acids is 1. The number of carbonyl (C=O) groups is 1. The lowest BCUT2D eigenvalue weighted by molar-refractivity contribution is 0.0941. The second-order valence-electron chi connectivity index (χ2n) is 5.97. The summed E-state index contributed by atoms with van der Waals surface area (Å²) in [5, 5.41) is 8.97. The van der Waals surface area contributed by atoms with Gasteiger partial charge in [0.1, 0.15) is 0 Å². The minimum atomic E-state index is -0.221. The Balaban J connectivity index is 1.34. The number of benzene rings is 1. The zero-order chi connectivity index (χ0) is 16.8. The van der Waals surface area contributed by atoms with E-state index in [2.05, 4.69) is 10.5 Å². The molecule has 1 N–H and O–H groups in total. The Hall–Kier alpha value is -2.80. The largest absolute Gasteiger partial charge is 0.454 e. The molecule has 0 unspecified atom stereocenters. The summed E-state index contributed by atoms with van der Waals surface area (Å²) < 4.78 is 16.1. The van der Waals surface area contributed by atoms with E-state index >= 15 is 0 Å². The van der Waals surface area contributed by atoms with Gasteiger partial charge in [0.05, 0.1) is 0 Å². The van der Waals surface area contributed by atoms with E-state index in [1.807, 2.05) is 29.6 Å². The lowest BCUT2D eigenvalue weighted by atomic mass is 9.95. The molecule has 0 fully saturated rings. The van der Waals surface area contributed by atoms with Gasteiger partial charge in [0.2, 0.25) is 6.79 Å². The molecule has 0 radical (unpaired) electrons. The van der Waals surface area contributed by atoms with Crippen molar-refractivity contribution < 1.29 is 18.8 Å². The summed E-state index contributed by atoms with van der Waals surface area (Å²) in [5.41, 5.74) is 3.28. The number of ether oxygens (including phenoxy) is 2. The molecule has 3 aromatic rings. The molecule has 0 atom stereocenters. The van der Waals surface area contributed by atoms with Crippen molar-refractivity contribution >= 4 is 17.2 Å². The van der Waals surface area contributed by atoms with Crippen molar-refractivity contribution in [2.24, 2.45) is 0 Å². The van der Waals surface area contributed by atoms with E-state index in [1.165, 1.54) is 4.88 Å². The number of hydrogen-bond donors (Lipinski definition) is 1. The highest BCUT2D eigenvalue weighted by molar-refractivity contribution is 7.10. The van der Waals surface area contributed by atoms with Gasteiger partial charge in [0.25, 0.3) is 5.91 Å². The SMILES string of the molecule is O=C(NCc1ccc2c(c1)OCO2)c1noc2c1CCc1sccc1-2. The van der Waals surface area contributed by atoms with E-state index in [0.717, 1.165) is 41.0 Å². The van der Waals surface area contributed by atoms with Gasteiger partial charge in [-0.2, -0.15) is 0 Å². The number of fused-ring (bicyclic) bond motifs is 4. The zero-order valence-corrected chi connectivity index (χ0v) is 14.0. The standard InChI is InChI=1S/C18H14N2O4S/c21-18(19-8-10-1-3-13-14(7-10)23-9-22-13)16-12-2-4-15-11(5-6-25-15)17(12)24-20-16/h1,3,5-7H,2,4,8-9H2,(H,19,21). The molecular weight excluding hydrogens is 340 g/mol. The predicted octanol–water partition coefficient (Wildman–Crippen LogP) is 3.16. The maximum atomic E-state index is 12.5. The molecule has 1 aliphatic heterocycles. The molecule has 126 valence electrons. The van der Waals surface area contributed by atoms with Crippen LogP contribution in [0.2, 0.25) is 0 Å². The minimum absolute atomic E-state index is 0.221. The number of amides is 1. The molecule has 6 nitrogen and oxygen atoms in total. The molecule has 1 aromatic carbocycles. The summed E-state index contributed by atoms with van der Waals surface area (Å²) in [6.45, 7) is 0.627. The van der Waals surface area contributed by atoms with Crippen LogP contribution in [0.4, 0.5) is 0 Å². The van der Waals surface area contributed by atoms with E-state index in [1.54, 1.807) is 11.3 Å². The van der Waals surface area contributed by atoms with Crippen molar-refractivity contribution in [2.75, 3.05) is 6.79 Å². The molecule has 5 rings (SSSR count). The first-order chi connectivity index (χ1) is 12.3. The summed E-state index contributed by atoms with van der Waals surface area (Å²) in [5.74, 6) is 1.94. The third kappa shape index (κ3) is 2.39. The average Bonchev–Trinajstić information content (AvgIpc) is 3.36. The normalized spacial score (nSPS) is 14.1. The van der Waals surface area contributed by atoms with Crippen LogP contribution in [-0.4, -0.2) is 17.9 Å². The molecule has 0 saturated carbocycles. The van der Waals surface area contributed by atoms with E-state index in [4.69, 9.17) is 14.0 Å². The number of thiophene rings is 1. The summed E-state index contributed by atoms with van der Waals surface area (Å²) in [7, 11) is 0. The monoisotopic (exact) mass is 354 g/mol. The first-order valence-corrected chi connectivity index (χ1v) is 8.89. The second kappa shape index (κ2) is 5.63. The Morgan fingerprint density at radius 3 is 3.08 bits per heavy atom. The van der Waals surface area contributed by atoms with Crippen LogP contribution < -0.4 is 14.8 Å². The Kier molecular flexibility index (Phi) is 3.27. The molecule has 2 aliphatic rings. The summed E-state index contributed by atoms with van der Waals surface area (Å²) in [4.78, 5) is 13.8. The second-order valence-corrected chi connectivity index (χ2v) is 6.97. The maximum absolute atomic E-state index is 12.5. The van der Waals surface area contributed by atoms with Crippen molar-refractivity contribution in [1.82, 2.24) is 10.5 Å². The smallest absolute Gasteiger partial charge is 0.274 e. The van der Waals surface area contributed by atoms with Crippen LogP contribution in [0.1, 0.15) is 26.5 Å². The van der Waals surface area contributed by atoms with Gasteiger partial charge in [-0.1, -0.05) is 11.2 Å². The van der Waals surface area contributed by atoms with Crippen molar-refractivity contribution in [3.63, 3.8) is 0 Å². The molecule has 0 saturated heterocycles. The van der Waals surface area contributed by atoms with Crippen LogP contribution >= 0.6 is 11.3 Å². The van der Waals surface area contributed by atoms with Gasteiger partial charge < -0.3 is 19.3 Å². The molecule has 3 heterocycles. The molecule has 7 heteroatoms. The zero-order valence-electron chi connectivity index (χ0n) is 13.2. The molecule has 0 spiro atoms. The van der Waals surface area contributed by atoms with Crippen molar-refractivity contribution in [3.8, 4) is 22.8 Å². The molecule has 25 heavy (non-hydrogen) atoms. The van der Waals surface area contributed by atoms with Crippen LogP contribution in [0.3, 0.4) is 0 Å². The average molecular weight is 354 g/mol. The first kappa shape index (κ1) is 14.5. The van der Waals surface area contributed by atoms with Gasteiger partial charge in [-0.25, -0.2) is 0 Å². The fraction of sp³-hybridized carbons (Fsp3) is 0.222. The molecule has 2 aromatic heterocycles. The lowest BCUT2D eigenvalue weighted by Gasteiger charge is -2.10. The number of aromatic nitrogens is 1. The van der Waals surface area contributed by atoms with Crippen LogP contribution in [-0.2, 0) is 19.4 Å². The van der Waals surface area contributed by atoms with Gasteiger partial charge in [-0.15, -0.1) is 11.3 Å². The number of rotatable bonds is 3. The molecule has 1 aliphatic carbocycles. The van der Waals surface area contributed by atoms with Gasteiger partial charge in [0, 0.05) is 22.5 Å². The Morgan fingerprint density at radius 2 is 2.12 bits per heavy atom. The highest BCUT2D eigenvalue weighted by Gasteiger charge is 2.28. The quantitative estimate of drug-likeness (QED) is 0.782. The van der Waals surface area contributed by atoms with Crippen molar-refractivity contribution in [1.29, 1.82) is 0 Å². The minimum Gasteiger partial charge on any atom is -0.454 e. The van der Waals surface area contributed by atoms with E-state index < -0.39 is 0 Å². The highest BCUT2D eigenvalue weighted by atomic mass is 32.1. The number of aryl methyl sites for hydroxylation is 1. The number of nitrogens with one attached hydrogen (secondary N) is 1. The van der Waals surface area contributed by atoms with Crippen LogP contribution in [0.5, 0.6) is 11.5 Å². The maximum Gasteiger partial charge on any atom is 0.274 e. The van der Waals surface area contributed by atoms with E-state index in [0.29, 0.717) is 18.0 Å². The lowest BCUT2D eigenvalue weighted by Crippen LogP contribution is -2.24. The summed E-state index contributed by atoms with van der Waals surface area (Å²) in [6, 6.07) is 7.65. The van der Waals surface area contributed by atoms with Crippen LogP contribution in [0.15, 0.2) is 34.2 Å². The van der Waals surface area contributed by atoms with Gasteiger partial charge >= 0.3 is 0 Å². The van der Waals surface area contributed by atoms with Crippen molar-refractivity contribution in [3.05, 3.63) is 51.3 Å². The van der Waals surface area contributed by atoms with Crippen LogP contribution in [0.25, 0.3) is 11.3 Å². The van der Waals surface area contributed by atoms with E-state index in [9.17, 15) is 4.79 Å². The van der Waals surface area contributed by atoms with Gasteiger partial charge in [-0.05, 0) is 42.0 Å². The Bertz CT molecular complexity index is 975. The van der Waals surface area contributed by atoms with Crippen LogP contribution in [0, 0.1) is 0 Å². The topological polar surface area (TPSA) is 73.6 Å². The first-order valence-electron chi connectivity index (χ1n) is 8.01. The Morgan fingerprint density at radius 1 is 1.20 bits per heavy atom. The van der Waals surface area contributed by atoms with E-state index in [-0.39, 0.29) is 12.7 Å². The van der Waals surface area contributed by atoms with Crippen molar-refractivity contribution in [2.45, 2.75) is 19.4 Å². The molecule has 1 amide bonds. The molecule has 0 bridgehead atoms. The fourth-order valence-electron chi connectivity index (χ4n) is 3.22. The van der Waals surface area contributed by atoms with Gasteiger partial charge in [0.15, 0.2) is 23.0 Å². The Labute approximate surface area is 147 Å². The third-order valence-corrected chi connectivity index (χ3v) is 5.47. The summed E-state index contributed by atoms with van der Waals surface area (Å²) >= 11 is 1.71. The number of hydrogen-bond acceptors (Lipinski definition) is 6.